The summed E-state index contributed by atoms with van der Waals surface area (Å²) in [6.07, 6.45) is 3.45. The van der Waals surface area contributed by atoms with Gasteiger partial charge >= 0.3 is 0 Å². The van der Waals surface area contributed by atoms with Gasteiger partial charge in [-0.05, 0) is 60.3 Å². The van der Waals surface area contributed by atoms with Crippen LogP contribution in [0.5, 0.6) is 5.75 Å². The number of methoxy groups -OCH3 is 1. The summed E-state index contributed by atoms with van der Waals surface area (Å²) in [6, 6.07) is 4.43. The first-order chi connectivity index (χ1) is 8.10. The number of hydrogen-bond donors (Lipinski definition) is 1. The highest BCUT2D eigenvalue weighted by molar-refractivity contribution is 9.10. The Hall–Kier alpha value is -0.540. The number of ether oxygens (including phenoxy) is 1. The Morgan fingerprint density at radius 2 is 2.24 bits per heavy atom. The van der Waals surface area contributed by atoms with Crippen LogP contribution in [0.25, 0.3) is 0 Å². The number of halogens is 1. The Bertz CT molecular complexity index is 411. The molecule has 1 aliphatic heterocycles. The molecular formula is C14H20BrNO. The summed E-state index contributed by atoms with van der Waals surface area (Å²) in [4.78, 5) is 0. The second-order valence-corrected chi connectivity index (χ2v) is 5.73. The molecule has 0 saturated carbocycles. The molecule has 0 aromatic heterocycles. The SMILES string of the molecule is CCc1cc(Br)c(OC)c(C2(C)CCCN2)c1. The average Bonchev–Trinajstić information content (AvgIpc) is 2.76. The van der Waals surface area contributed by atoms with Crippen molar-refractivity contribution in [2.24, 2.45) is 0 Å². The maximum absolute atomic E-state index is 5.57. The molecule has 0 bridgehead atoms. The highest BCUT2D eigenvalue weighted by Crippen LogP contribution is 2.41. The number of rotatable bonds is 3. The van der Waals surface area contributed by atoms with Crippen molar-refractivity contribution in [2.75, 3.05) is 13.7 Å². The Morgan fingerprint density at radius 3 is 2.76 bits per heavy atom. The Labute approximate surface area is 112 Å². The molecule has 1 atom stereocenters. The molecule has 2 rings (SSSR count). The van der Waals surface area contributed by atoms with E-state index in [2.05, 4.69) is 47.2 Å². The Morgan fingerprint density at radius 1 is 1.47 bits per heavy atom. The van der Waals surface area contributed by atoms with E-state index in [9.17, 15) is 0 Å². The molecule has 1 fully saturated rings. The third kappa shape index (κ3) is 2.36. The monoisotopic (exact) mass is 297 g/mol. The maximum atomic E-state index is 5.57. The summed E-state index contributed by atoms with van der Waals surface area (Å²) in [5, 5.41) is 3.60. The van der Waals surface area contributed by atoms with Crippen molar-refractivity contribution in [1.82, 2.24) is 5.32 Å². The van der Waals surface area contributed by atoms with Gasteiger partial charge in [-0.1, -0.05) is 13.0 Å². The minimum atomic E-state index is 0.0546. The molecule has 2 nitrogen and oxygen atoms in total. The zero-order valence-corrected chi connectivity index (χ0v) is 12.4. The van der Waals surface area contributed by atoms with E-state index in [4.69, 9.17) is 4.74 Å². The molecule has 1 aromatic rings. The smallest absolute Gasteiger partial charge is 0.138 e. The first kappa shape index (κ1) is 12.9. The van der Waals surface area contributed by atoms with Crippen LogP contribution in [0.15, 0.2) is 16.6 Å². The van der Waals surface area contributed by atoms with Crippen LogP contribution in [0.4, 0.5) is 0 Å². The van der Waals surface area contributed by atoms with E-state index < -0.39 is 0 Å². The second-order valence-electron chi connectivity index (χ2n) is 4.87. The van der Waals surface area contributed by atoms with Gasteiger partial charge in [-0.2, -0.15) is 0 Å². The average molecular weight is 298 g/mol. The first-order valence-electron chi connectivity index (χ1n) is 6.22. The van der Waals surface area contributed by atoms with E-state index in [0.717, 1.165) is 23.2 Å². The number of aryl methyl sites for hydroxylation is 1. The molecule has 1 aromatic carbocycles. The molecule has 94 valence electrons. The van der Waals surface area contributed by atoms with E-state index in [1.165, 1.54) is 24.0 Å². The molecule has 1 unspecified atom stereocenters. The van der Waals surface area contributed by atoms with Crippen LogP contribution in [-0.2, 0) is 12.0 Å². The molecule has 17 heavy (non-hydrogen) atoms. The fourth-order valence-corrected chi connectivity index (χ4v) is 3.27. The normalized spacial score (nSPS) is 24.0. The van der Waals surface area contributed by atoms with Crippen molar-refractivity contribution >= 4 is 15.9 Å². The minimum Gasteiger partial charge on any atom is -0.495 e. The van der Waals surface area contributed by atoms with Crippen molar-refractivity contribution in [2.45, 2.75) is 38.6 Å². The third-order valence-corrected chi connectivity index (χ3v) is 4.27. The molecule has 0 radical (unpaired) electrons. The van der Waals surface area contributed by atoms with Crippen LogP contribution in [0.1, 0.15) is 37.8 Å². The zero-order chi connectivity index (χ0) is 12.5. The summed E-state index contributed by atoms with van der Waals surface area (Å²) >= 11 is 3.62. The van der Waals surface area contributed by atoms with Crippen molar-refractivity contribution in [3.8, 4) is 5.75 Å². The van der Waals surface area contributed by atoms with E-state index in [-0.39, 0.29) is 5.54 Å². The van der Waals surface area contributed by atoms with Crippen LogP contribution < -0.4 is 10.1 Å². The fraction of sp³-hybridized carbons (Fsp3) is 0.571. The van der Waals surface area contributed by atoms with Crippen molar-refractivity contribution in [1.29, 1.82) is 0 Å². The van der Waals surface area contributed by atoms with Gasteiger partial charge < -0.3 is 10.1 Å². The van der Waals surface area contributed by atoms with Gasteiger partial charge in [0, 0.05) is 11.1 Å². The summed E-state index contributed by atoms with van der Waals surface area (Å²) < 4.78 is 6.63. The van der Waals surface area contributed by atoms with Gasteiger partial charge in [0.05, 0.1) is 11.6 Å². The molecular weight excluding hydrogens is 278 g/mol. The predicted octanol–water partition coefficient (Wildman–Crippen LogP) is 3.62. The van der Waals surface area contributed by atoms with Crippen LogP contribution in [0.3, 0.4) is 0 Å². The lowest BCUT2D eigenvalue weighted by Crippen LogP contribution is -2.33. The summed E-state index contributed by atoms with van der Waals surface area (Å²) in [7, 11) is 1.74. The van der Waals surface area contributed by atoms with Gasteiger partial charge in [-0.25, -0.2) is 0 Å². The molecule has 0 aliphatic carbocycles. The Balaban J connectivity index is 2.53. The zero-order valence-electron chi connectivity index (χ0n) is 10.8. The number of benzene rings is 1. The minimum absolute atomic E-state index is 0.0546. The molecule has 1 aliphatic rings. The summed E-state index contributed by atoms with van der Waals surface area (Å²) in [5.41, 5.74) is 2.69. The van der Waals surface area contributed by atoms with Crippen LogP contribution in [0, 0.1) is 0 Å². The van der Waals surface area contributed by atoms with Gasteiger partial charge in [-0.3, -0.25) is 0 Å². The van der Waals surface area contributed by atoms with Gasteiger partial charge in [0.25, 0.3) is 0 Å². The Kier molecular flexibility index (Phi) is 3.79. The number of nitrogens with one attached hydrogen (secondary N) is 1. The summed E-state index contributed by atoms with van der Waals surface area (Å²) in [5.74, 6) is 0.971. The van der Waals surface area contributed by atoms with Crippen LogP contribution in [0.2, 0.25) is 0 Å². The van der Waals surface area contributed by atoms with Gasteiger partial charge in [0.15, 0.2) is 0 Å². The van der Waals surface area contributed by atoms with Crippen molar-refractivity contribution < 1.29 is 4.74 Å². The molecule has 3 heteroatoms. The van der Waals surface area contributed by atoms with Gasteiger partial charge in [0.2, 0.25) is 0 Å². The van der Waals surface area contributed by atoms with Gasteiger partial charge in [-0.15, -0.1) is 0 Å². The third-order valence-electron chi connectivity index (χ3n) is 3.68. The van der Waals surface area contributed by atoms with E-state index in [1.54, 1.807) is 7.11 Å². The van der Waals surface area contributed by atoms with E-state index in [0.29, 0.717) is 0 Å². The van der Waals surface area contributed by atoms with Crippen molar-refractivity contribution in [3.63, 3.8) is 0 Å². The summed E-state index contributed by atoms with van der Waals surface area (Å²) in [6.45, 7) is 5.54. The quantitative estimate of drug-likeness (QED) is 0.920. The molecule has 1 N–H and O–H groups in total. The molecule has 0 amide bonds. The largest absolute Gasteiger partial charge is 0.495 e. The topological polar surface area (TPSA) is 21.3 Å². The fourth-order valence-electron chi connectivity index (χ4n) is 2.60. The van der Waals surface area contributed by atoms with Crippen LogP contribution in [-0.4, -0.2) is 13.7 Å². The highest BCUT2D eigenvalue weighted by atomic mass is 79.9. The molecule has 1 saturated heterocycles. The molecule has 0 spiro atoms. The lowest BCUT2D eigenvalue weighted by molar-refractivity contribution is 0.368. The number of hydrogen-bond acceptors (Lipinski definition) is 2. The lowest BCUT2D eigenvalue weighted by Gasteiger charge is -2.28. The van der Waals surface area contributed by atoms with E-state index >= 15 is 0 Å². The first-order valence-corrected chi connectivity index (χ1v) is 7.02. The second kappa shape index (κ2) is 4.99. The predicted molar refractivity (Wildman–Crippen MR) is 74.7 cm³/mol. The lowest BCUT2D eigenvalue weighted by atomic mass is 9.88. The maximum Gasteiger partial charge on any atom is 0.138 e. The van der Waals surface area contributed by atoms with E-state index in [1.807, 2.05) is 0 Å². The van der Waals surface area contributed by atoms with Crippen LogP contribution >= 0.6 is 15.9 Å². The standard InChI is InChI=1S/C14H20BrNO/c1-4-10-8-11(13(17-3)12(15)9-10)14(2)6-5-7-16-14/h8-9,16H,4-7H2,1-3H3. The van der Waals surface area contributed by atoms with Gasteiger partial charge in [0.1, 0.15) is 5.75 Å². The highest BCUT2D eigenvalue weighted by Gasteiger charge is 2.33. The molecule has 1 heterocycles. The van der Waals surface area contributed by atoms with Crippen molar-refractivity contribution in [3.05, 3.63) is 27.7 Å².